The monoisotopic (exact) mass is 222 g/mol. The number of nitrogens with two attached hydrogens (primary N) is 1. The molecule has 0 saturated carbocycles. The molecule has 4 heteroatoms. The normalized spacial score (nSPS) is 11.9. The molecule has 1 aromatic carbocycles. The molecule has 0 fully saturated rings. The van der Waals surface area contributed by atoms with Crippen molar-refractivity contribution in [2.24, 2.45) is 5.73 Å². The van der Waals surface area contributed by atoms with E-state index in [-0.39, 0.29) is 11.9 Å². The first-order valence-electron chi connectivity index (χ1n) is 5.32. The van der Waals surface area contributed by atoms with Crippen molar-refractivity contribution in [1.82, 2.24) is 5.32 Å². The fourth-order valence-corrected chi connectivity index (χ4v) is 1.37. The van der Waals surface area contributed by atoms with Crippen LogP contribution in [-0.2, 0) is 0 Å². The number of benzene rings is 1. The average molecular weight is 222 g/mol. The molecule has 1 unspecified atom stereocenters. The van der Waals surface area contributed by atoms with E-state index in [2.05, 4.69) is 5.32 Å². The molecule has 0 saturated heterocycles. The lowest BCUT2D eigenvalue weighted by Crippen LogP contribution is -2.33. The van der Waals surface area contributed by atoms with Gasteiger partial charge in [-0.2, -0.15) is 0 Å². The van der Waals surface area contributed by atoms with E-state index in [4.69, 9.17) is 10.5 Å². The smallest absolute Gasteiger partial charge is 0.251 e. The van der Waals surface area contributed by atoms with Crippen molar-refractivity contribution in [2.45, 2.75) is 19.4 Å². The zero-order valence-electron chi connectivity index (χ0n) is 9.69. The van der Waals surface area contributed by atoms with Crippen molar-refractivity contribution in [3.63, 3.8) is 0 Å². The Morgan fingerprint density at radius 3 is 2.56 bits per heavy atom. The Morgan fingerprint density at radius 1 is 1.44 bits per heavy atom. The summed E-state index contributed by atoms with van der Waals surface area (Å²) in [5.41, 5.74) is 6.04. The summed E-state index contributed by atoms with van der Waals surface area (Å²) in [5.74, 6) is 0.662. The minimum Gasteiger partial charge on any atom is -0.497 e. The van der Waals surface area contributed by atoms with Gasteiger partial charge in [0, 0.05) is 11.6 Å². The predicted octanol–water partition coefficient (Wildman–Crippen LogP) is 1.16. The molecule has 1 atom stereocenters. The summed E-state index contributed by atoms with van der Waals surface area (Å²) in [6.07, 6.45) is 0.780. The molecule has 1 amide bonds. The van der Waals surface area contributed by atoms with E-state index in [1.807, 2.05) is 6.92 Å². The third kappa shape index (κ3) is 3.55. The fourth-order valence-electron chi connectivity index (χ4n) is 1.37. The van der Waals surface area contributed by atoms with Crippen LogP contribution < -0.4 is 15.8 Å². The Labute approximate surface area is 95.8 Å². The van der Waals surface area contributed by atoms with Crippen molar-refractivity contribution in [1.29, 1.82) is 0 Å². The van der Waals surface area contributed by atoms with Gasteiger partial charge in [0.05, 0.1) is 7.11 Å². The van der Waals surface area contributed by atoms with Crippen LogP contribution in [0.2, 0.25) is 0 Å². The number of amides is 1. The maximum Gasteiger partial charge on any atom is 0.251 e. The Morgan fingerprint density at radius 2 is 2.06 bits per heavy atom. The first-order chi connectivity index (χ1) is 7.67. The van der Waals surface area contributed by atoms with E-state index in [0.717, 1.165) is 12.2 Å². The number of methoxy groups -OCH3 is 1. The Hall–Kier alpha value is -1.55. The highest BCUT2D eigenvalue weighted by molar-refractivity contribution is 5.94. The highest BCUT2D eigenvalue weighted by Gasteiger charge is 2.08. The van der Waals surface area contributed by atoms with E-state index in [0.29, 0.717) is 12.1 Å². The molecular formula is C12H18N2O2. The quantitative estimate of drug-likeness (QED) is 0.785. The van der Waals surface area contributed by atoms with Gasteiger partial charge in [-0.05, 0) is 44.2 Å². The lowest BCUT2D eigenvalue weighted by atomic mass is 10.1. The van der Waals surface area contributed by atoms with Gasteiger partial charge in [-0.3, -0.25) is 4.79 Å². The number of ether oxygens (including phenoxy) is 1. The molecule has 4 nitrogen and oxygen atoms in total. The molecule has 0 aliphatic heterocycles. The maximum atomic E-state index is 11.7. The number of carbonyl (C=O) groups is 1. The summed E-state index contributed by atoms with van der Waals surface area (Å²) < 4.78 is 5.02. The van der Waals surface area contributed by atoms with Gasteiger partial charge in [0.2, 0.25) is 0 Å². The molecule has 0 bridgehead atoms. The number of hydrogen-bond acceptors (Lipinski definition) is 3. The lowest BCUT2D eigenvalue weighted by molar-refractivity contribution is 0.0939. The standard InChI is InChI=1S/C12H18N2O2/c1-9(7-8-13)14-12(15)10-3-5-11(16-2)6-4-10/h3-6,9H,7-8,13H2,1-2H3,(H,14,15). The third-order valence-electron chi connectivity index (χ3n) is 2.33. The van der Waals surface area contributed by atoms with Crippen LogP contribution in [0, 0.1) is 0 Å². The molecule has 0 aromatic heterocycles. The van der Waals surface area contributed by atoms with Gasteiger partial charge in [-0.15, -0.1) is 0 Å². The van der Waals surface area contributed by atoms with Crippen molar-refractivity contribution < 1.29 is 9.53 Å². The summed E-state index contributed by atoms with van der Waals surface area (Å²) in [7, 11) is 1.60. The zero-order chi connectivity index (χ0) is 12.0. The van der Waals surface area contributed by atoms with Gasteiger partial charge in [-0.1, -0.05) is 0 Å². The summed E-state index contributed by atoms with van der Waals surface area (Å²) in [6, 6.07) is 7.11. The van der Waals surface area contributed by atoms with Gasteiger partial charge < -0.3 is 15.8 Å². The van der Waals surface area contributed by atoms with Crippen LogP contribution >= 0.6 is 0 Å². The predicted molar refractivity (Wildman–Crippen MR) is 63.6 cm³/mol. The van der Waals surface area contributed by atoms with E-state index >= 15 is 0 Å². The second kappa shape index (κ2) is 6.12. The largest absolute Gasteiger partial charge is 0.497 e. The van der Waals surface area contributed by atoms with Crippen molar-refractivity contribution in [2.75, 3.05) is 13.7 Å². The minimum absolute atomic E-state index is 0.0800. The van der Waals surface area contributed by atoms with E-state index in [9.17, 15) is 4.79 Å². The van der Waals surface area contributed by atoms with Gasteiger partial charge in [0.1, 0.15) is 5.75 Å². The molecule has 0 radical (unpaired) electrons. The summed E-state index contributed by atoms with van der Waals surface area (Å²) in [5, 5.41) is 2.87. The summed E-state index contributed by atoms with van der Waals surface area (Å²) in [6.45, 7) is 2.51. The number of carbonyl (C=O) groups excluding carboxylic acids is 1. The van der Waals surface area contributed by atoms with Crippen LogP contribution in [0.1, 0.15) is 23.7 Å². The van der Waals surface area contributed by atoms with Crippen LogP contribution in [0.4, 0.5) is 0 Å². The second-order valence-electron chi connectivity index (χ2n) is 3.68. The molecular weight excluding hydrogens is 204 g/mol. The average Bonchev–Trinajstić information content (AvgIpc) is 2.29. The second-order valence-corrected chi connectivity index (χ2v) is 3.68. The van der Waals surface area contributed by atoms with Gasteiger partial charge >= 0.3 is 0 Å². The molecule has 16 heavy (non-hydrogen) atoms. The van der Waals surface area contributed by atoms with Crippen LogP contribution in [0.15, 0.2) is 24.3 Å². The summed E-state index contributed by atoms with van der Waals surface area (Å²) >= 11 is 0. The maximum absolute atomic E-state index is 11.7. The highest BCUT2D eigenvalue weighted by atomic mass is 16.5. The van der Waals surface area contributed by atoms with Crippen LogP contribution in [0.25, 0.3) is 0 Å². The number of rotatable bonds is 5. The topological polar surface area (TPSA) is 64.3 Å². The molecule has 1 rings (SSSR count). The lowest BCUT2D eigenvalue weighted by Gasteiger charge is -2.12. The highest BCUT2D eigenvalue weighted by Crippen LogP contribution is 2.11. The molecule has 0 aliphatic rings. The Balaban J connectivity index is 2.59. The molecule has 0 aliphatic carbocycles. The number of nitrogens with one attached hydrogen (secondary N) is 1. The molecule has 3 N–H and O–H groups in total. The minimum atomic E-state index is -0.0800. The molecule has 88 valence electrons. The molecule has 0 spiro atoms. The van der Waals surface area contributed by atoms with Gasteiger partial charge in [0.15, 0.2) is 0 Å². The van der Waals surface area contributed by atoms with E-state index in [1.165, 1.54) is 0 Å². The Bertz CT molecular complexity index is 335. The van der Waals surface area contributed by atoms with Crippen molar-refractivity contribution in [3.8, 4) is 5.75 Å². The van der Waals surface area contributed by atoms with Crippen LogP contribution in [0.5, 0.6) is 5.75 Å². The van der Waals surface area contributed by atoms with Gasteiger partial charge in [0.25, 0.3) is 5.91 Å². The molecule has 1 aromatic rings. The number of hydrogen-bond donors (Lipinski definition) is 2. The van der Waals surface area contributed by atoms with Crippen molar-refractivity contribution >= 4 is 5.91 Å². The van der Waals surface area contributed by atoms with Crippen LogP contribution in [-0.4, -0.2) is 25.6 Å². The fraction of sp³-hybridized carbons (Fsp3) is 0.417. The SMILES string of the molecule is COc1ccc(C(=O)NC(C)CCN)cc1. The third-order valence-corrected chi connectivity index (χ3v) is 2.33. The summed E-state index contributed by atoms with van der Waals surface area (Å²) in [4.78, 5) is 11.7. The van der Waals surface area contributed by atoms with E-state index < -0.39 is 0 Å². The molecule has 0 heterocycles. The zero-order valence-corrected chi connectivity index (χ0v) is 9.69. The van der Waals surface area contributed by atoms with Gasteiger partial charge in [-0.25, -0.2) is 0 Å². The Kier molecular flexibility index (Phi) is 4.79. The first kappa shape index (κ1) is 12.5. The van der Waals surface area contributed by atoms with Crippen LogP contribution in [0.3, 0.4) is 0 Å². The van der Waals surface area contributed by atoms with Crippen molar-refractivity contribution in [3.05, 3.63) is 29.8 Å². The first-order valence-corrected chi connectivity index (χ1v) is 5.32. The van der Waals surface area contributed by atoms with E-state index in [1.54, 1.807) is 31.4 Å².